The first kappa shape index (κ1) is 30.5. The van der Waals surface area contributed by atoms with Crippen LogP contribution in [0, 0.1) is 0 Å². The molecule has 3 aromatic heterocycles. The van der Waals surface area contributed by atoms with Crippen molar-refractivity contribution in [3.63, 3.8) is 0 Å². The predicted octanol–water partition coefficient (Wildman–Crippen LogP) is 11.7. The number of aromatic nitrogens is 2. The van der Waals surface area contributed by atoms with Gasteiger partial charge in [0.25, 0.3) is 0 Å². The fourth-order valence-corrected chi connectivity index (χ4v) is 7.56. The summed E-state index contributed by atoms with van der Waals surface area (Å²) in [5.74, 6) is 1.48. The zero-order valence-electron chi connectivity index (χ0n) is 22.9. The van der Waals surface area contributed by atoms with E-state index in [2.05, 4.69) is 80.3 Å². The SMILES string of the molecule is CCCCCCCCOc1c(OCCCCCCCC)c(-c2ccc(Br)s2)c2nonc2c1-c1ccc(Br)s1. The molecular formula is C30H38Br2N2O3S2. The average Bonchev–Trinajstić information content (AvgIpc) is 3.69. The molecule has 0 amide bonds. The summed E-state index contributed by atoms with van der Waals surface area (Å²) in [6, 6.07) is 8.29. The minimum Gasteiger partial charge on any atom is -0.489 e. The minimum absolute atomic E-state index is 0.628. The van der Waals surface area contributed by atoms with Gasteiger partial charge < -0.3 is 9.47 Å². The van der Waals surface area contributed by atoms with Crippen LogP contribution < -0.4 is 9.47 Å². The van der Waals surface area contributed by atoms with Crippen LogP contribution in [-0.4, -0.2) is 23.5 Å². The van der Waals surface area contributed by atoms with Crippen molar-refractivity contribution >= 4 is 65.6 Å². The highest BCUT2D eigenvalue weighted by Gasteiger charge is 2.29. The molecule has 0 aliphatic rings. The fraction of sp³-hybridized carbons (Fsp3) is 0.533. The molecule has 5 nitrogen and oxygen atoms in total. The van der Waals surface area contributed by atoms with Gasteiger partial charge in [0.15, 0.2) is 11.5 Å². The molecule has 1 aromatic carbocycles. The second-order valence-electron chi connectivity index (χ2n) is 9.81. The third kappa shape index (κ3) is 8.30. The van der Waals surface area contributed by atoms with E-state index in [-0.39, 0.29) is 0 Å². The van der Waals surface area contributed by atoms with E-state index in [9.17, 15) is 0 Å². The number of nitrogens with zero attached hydrogens (tertiary/aromatic N) is 2. The smallest absolute Gasteiger partial charge is 0.172 e. The van der Waals surface area contributed by atoms with Gasteiger partial charge in [-0.2, -0.15) is 0 Å². The van der Waals surface area contributed by atoms with Gasteiger partial charge in [0, 0.05) is 9.75 Å². The number of benzene rings is 1. The first-order valence-corrected chi connectivity index (χ1v) is 17.4. The predicted molar refractivity (Wildman–Crippen MR) is 172 cm³/mol. The molecular weight excluding hydrogens is 660 g/mol. The van der Waals surface area contributed by atoms with Crippen LogP contribution in [0.25, 0.3) is 31.9 Å². The molecule has 0 unspecified atom stereocenters. The molecule has 39 heavy (non-hydrogen) atoms. The monoisotopic (exact) mass is 696 g/mol. The van der Waals surface area contributed by atoms with Gasteiger partial charge in [-0.15, -0.1) is 22.7 Å². The lowest BCUT2D eigenvalue weighted by atomic mass is 10.0. The molecule has 0 fully saturated rings. The number of rotatable bonds is 18. The highest BCUT2D eigenvalue weighted by atomic mass is 79.9. The Bertz CT molecular complexity index is 1200. The number of hydrogen-bond donors (Lipinski definition) is 0. The Morgan fingerprint density at radius 3 is 1.41 bits per heavy atom. The van der Waals surface area contributed by atoms with E-state index < -0.39 is 0 Å². The molecule has 0 atom stereocenters. The molecule has 4 aromatic rings. The molecule has 0 saturated carbocycles. The maximum absolute atomic E-state index is 6.64. The molecule has 212 valence electrons. The van der Waals surface area contributed by atoms with Crippen LogP contribution in [-0.2, 0) is 0 Å². The Hall–Kier alpha value is -1.42. The summed E-state index contributed by atoms with van der Waals surface area (Å²) in [6.45, 7) is 5.75. The minimum atomic E-state index is 0.628. The van der Waals surface area contributed by atoms with Gasteiger partial charge in [-0.3, -0.25) is 0 Å². The van der Waals surface area contributed by atoms with Gasteiger partial charge in [-0.25, -0.2) is 4.63 Å². The number of thiophene rings is 2. The molecule has 0 saturated heterocycles. The summed E-state index contributed by atoms with van der Waals surface area (Å²) in [4.78, 5) is 2.09. The van der Waals surface area contributed by atoms with E-state index in [4.69, 9.17) is 14.1 Å². The van der Waals surface area contributed by atoms with Crippen molar-refractivity contribution in [2.24, 2.45) is 0 Å². The van der Waals surface area contributed by atoms with Crippen molar-refractivity contribution in [2.75, 3.05) is 13.2 Å². The summed E-state index contributed by atoms with van der Waals surface area (Å²) in [7, 11) is 0. The zero-order chi connectivity index (χ0) is 27.5. The summed E-state index contributed by atoms with van der Waals surface area (Å²) < 4.78 is 20.7. The molecule has 0 N–H and O–H groups in total. The van der Waals surface area contributed by atoms with E-state index >= 15 is 0 Å². The second kappa shape index (κ2) is 16.1. The first-order chi connectivity index (χ1) is 19.1. The van der Waals surface area contributed by atoms with Gasteiger partial charge in [0.1, 0.15) is 11.0 Å². The van der Waals surface area contributed by atoms with E-state index in [1.54, 1.807) is 22.7 Å². The summed E-state index contributed by atoms with van der Waals surface area (Å²) >= 11 is 10.6. The second-order valence-corrected chi connectivity index (χ2v) is 14.7. The van der Waals surface area contributed by atoms with Crippen molar-refractivity contribution in [1.82, 2.24) is 10.3 Å². The quantitative estimate of drug-likeness (QED) is 0.0968. The van der Waals surface area contributed by atoms with Crippen LogP contribution in [0.15, 0.2) is 36.5 Å². The largest absolute Gasteiger partial charge is 0.489 e. The lowest BCUT2D eigenvalue weighted by molar-refractivity contribution is 0.260. The highest BCUT2D eigenvalue weighted by molar-refractivity contribution is 9.11. The van der Waals surface area contributed by atoms with Crippen molar-refractivity contribution in [2.45, 2.75) is 90.9 Å². The van der Waals surface area contributed by atoms with Gasteiger partial charge in [0.2, 0.25) is 0 Å². The Morgan fingerprint density at radius 1 is 0.615 bits per heavy atom. The molecule has 0 aliphatic carbocycles. The Morgan fingerprint density at radius 2 is 1.03 bits per heavy atom. The summed E-state index contributed by atoms with van der Waals surface area (Å²) in [5.41, 5.74) is 3.19. The lowest BCUT2D eigenvalue weighted by Crippen LogP contribution is -2.06. The Kier molecular flexibility index (Phi) is 12.6. The van der Waals surface area contributed by atoms with Crippen LogP contribution in [0.5, 0.6) is 11.5 Å². The maximum Gasteiger partial charge on any atom is 0.172 e. The van der Waals surface area contributed by atoms with Crippen molar-refractivity contribution in [3.8, 4) is 32.4 Å². The van der Waals surface area contributed by atoms with Crippen LogP contribution in [0.2, 0.25) is 0 Å². The topological polar surface area (TPSA) is 57.4 Å². The van der Waals surface area contributed by atoms with E-state index in [1.807, 2.05) is 0 Å². The van der Waals surface area contributed by atoms with Gasteiger partial charge in [-0.1, -0.05) is 78.1 Å². The molecule has 3 heterocycles. The zero-order valence-corrected chi connectivity index (χ0v) is 27.7. The Labute approximate surface area is 256 Å². The van der Waals surface area contributed by atoms with Crippen LogP contribution in [0.1, 0.15) is 90.9 Å². The third-order valence-corrected chi connectivity index (χ3v) is 10.0. The number of fused-ring (bicyclic) bond motifs is 1. The highest BCUT2D eigenvalue weighted by Crippen LogP contribution is 2.53. The van der Waals surface area contributed by atoms with Crippen LogP contribution in [0.4, 0.5) is 0 Å². The van der Waals surface area contributed by atoms with E-state index in [0.717, 1.165) is 65.6 Å². The van der Waals surface area contributed by atoms with Gasteiger partial charge in [0.05, 0.1) is 31.9 Å². The fourth-order valence-electron chi connectivity index (χ4n) is 4.70. The molecule has 9 heteroatoms. The standard InChI is InChI=1S/C30H38Br2N2O3S2/c1-3-5-7-9-11-13-19-35-29-25(21-15-17-23(31)38-21)27-28(34-37-33-27)26(22-16-18-24(32)39-22)30(29)36-20-14-12-10-8-6-4-2/h15-18H,3-14,19-20H2,1-2H3. The maximum atomic E-state index is 6.64. The molecule has 0 spiro atoms. The summed E-state index contributed by atoms with van der Waals surface area (Å²) in [6.07, 6.45) is 14.5. The normalized spacial score (nSPS) is 11.5. The number of unbranched alkanes of at least 4 members (excludes halogenated alkanes) is 10. The number of hydrogen-bond acceptors (Lipinski definition) is 7. The summed E-state index contributed by atoms with van der Waals surface area (Å²) in [5, 5.41) is 8.76. The number of halogens is 2. The van der Waals surface area contributed by atoms with Crippen molar-refractivity contribution in [3.05, 3.63) is 31.8 Å². The van der Waals surface area contributed by atoms with E-state index in [0.29, 0.717) is 24.2 Å². The van der Waals surface area contributed by atoms with Crippen molar-refractivity contribution < 1.29 is 14.1 Å². The van der Waals surface area contributed by atoms with Gasteiger partial charge >= 0.3 is 0 Å². The molecule has 0 radical (unpaired) electrons. The third-order valence-electron chi connectivity index (χ3n) is 6.75. The molecule has 4 rings (SSSR count). The molecule has 0 aliphatic heterocycles. The van der Waals surface area contributed by atoms with Gasteiger partial charge in [-0.05, 0) is 79.3 Å². The lowest BCUT2D eigenvalue weighted by Gasteiger charge is -2.19. The van der Waals surface area contributed by atoms with E-state index in [1.165, 1.54) is 51.4 Å². The molecule has 0 bridgehead atoms. The Balaban J connectivity index is 1.70. The van der Waals surface area contributed by atoms with Crippen LogP contribution in [0.3, 0.4) is 0 Å². The first-order valence-electron chi connectivity index (χ1n) is 14.2. The van der Waals surface area contributed by atoms with Crippen molar-refractivity contribution in [1.29, 1.82) is 0 Å². The number of ether oxygens (including phenoxy) is 2. The average molecular weight is 699 g/mol. The van der Waals surface area contributed by atoms with Crippen LogP contribution >= 0.6 is 54.5 Å².